The topological polar surface area (TPSA) is 82.0 Å². The minimum atomic E-state index is -0.0928. The first kappa shape index (κ1) is 18.0. The third kappa shape index (κ3) is 3.72. The molecule has 1 amide bonds. The Kier molecular flexibility index (Phi) is 5.04. The van der Waals surface area contributed by atoms with Crippen LogP contribution in [0.1, 0.15) is 18.1 Å². The minimum absolute atomic E-state index is 0.0928. The summed E-state index contributed by atoms with van der Waals surface area (Å²) in [5, 5.41) is 8.95. The van der Waals surface area contributed by atoms with Gasteiger partial charge in [-0.15, -0.1) is 0 Å². The number of carbonyl (C=O) groups excluding carboxylic acids is 1. The molecule has 0 aliphatic heterocycles. The molecule has 0 saturated heterocycles. The highest BCUT2D eigenvalue weighted by Gasteiger charge is 2.15. The lowest BCUT2D eigenvalue weighted by atomic mass is 10.0. The van der Waals surface area contributed by atoms with Crippen molar-refractivity contribution in [1.29, 1.82) is 5.26 Å². The Morgan fingerprint density at radius 1 is 1.30 bits per heavy atom. The molecule has 0 aliphatic carbocycles. The molecule has 0 bridgehead atoms. The maximum Gasteiger partial charge on any atom is 0.223 e. The van der Waals surface area contributed by atoms with E-state index in [1.165, 1.54) is 11.8 Å². The number of nitrogens with one attached hydrogen (secondary N) is 1. The van der Waals surface area contributed by atoms with E-state index < -0.39 is 0 Å². The third-order valence-electron chi connectivity index (χ3n) is 4.11. The fourth-order valence-corrected chi connectivity index (χ4v) is 2.56. The Morgan fingerprint density at radius 2 is 2.04 bits per heavy atom. The second-order valence-electron chi connectivity index (χ2n) is 5.90. The number of hydrogen-bond donors (Lipinski definition) is 1. The monoisotopic (exact) mass is 358 g/mol. The quantitative estimate of drug-likeness (QED) is 0.692. The van der Waals surface area contributed by atoms with Crippen molar-refractivity contribution >= 4 is 22.5 Å². The number of hydrogen-bond acceptors (Lipinski definition) is 4. The number of ether oxygens (including phenoxy) is 1. The van der Waals surface area contributed by atoms with Gasteiger partial charge < -0.3 is 14.6 Å². The standard InChI is InChI=1S/C21H18N4O2/c1-4-16(12-25(3)14(2)26)18-9-10-19-20(24-13-23-19)21(18)27-17-7-5-15(11-22)6-8-17/h4-10,12-13H,1H2,2-3H3,(H,23,24)/b16-12+. The molecule has 3 aromatic rings. The highest BCUT2D eigenvalue weighted by atomic mass is 16.5. The van der Waals surface area contributed by atoms with E-state index in [-0.39, 0.29) is 5.91 Å². The predicted molar refractivity (Wildman–Crippen MR) is 104 cm³/mol. The first-order chi connectivity index (χ1) is 13.0. The smallest absolute Gasteiger partial charge is 0.223 e. The maximum atomic E-state index is 11.6. The predicted octanol–water partition coefficient (Wildman–Crippen LogP) is 4.23. The van der Waals surface area contributed by atoms with Crippen LogP contribution < -0.4 is 4.74 Å². The van der Waals surface area contributed by atoms with Gasteiger partial charge in [-0.2, -0.15) is 5.26 Å². The largest absolute Gasteiger partial charge is 0.454 e. The highest BCUT2D eigenvalue weighted by Crippen LogP contribution is 2.36. The number of fused-ring (bicyclic) bond motifs is 1. The molecule has 2 aromatic carbocycles. The number of nitrogens with zero attached hydrogens (tertiary/aromatic N) is 3. The zero-order valence-electron chi connectivity index (χ0n) is 15.1. The second-order valence-corrected chi connectivity index (χ2v) is 5.90. The van der Waals surface area contributed by atoms with Gasteiger partial charge in [0.15, 0.2) is 5.75 Å². The van der Waals surface area contributed by atoms with Gasteiger partial charge in [0.1, 0.15) is 11.3 Å². The van der Waals surface area contributed by atoms with E-state index in [9.17, 15) is 4.79 Å². The first-order valence-corrected chi connectivity index (χ1v) is 8.25. The summed E-state index contributed by atoms with van der Waals surface area (Å²) in [6.45, 7) is 5.35. The Hall–Kier alpha value is -3.85. The van der Waals surface area contributed by atoms with Crippen molar-refractivity contribution in [3.63, 3.8) is 0 Å². The van der Waals surface area contributed by atoms with Gasteiger partial charge in [-0.3, -0.25) is 4.79 Å². The lowest BCUT2D eigenvalue weighted by Crippen LogP contribution is -2.17. The van der Waals surface area contributed by atoms with Crippen molar-refractivity contribution in [2.24, 2.45) is 0 Å². The SMILES string of the molecule is C=C/C(=C\N(C)C(C)=O)c1ccc2[nH]cnc2c1Oc1ccc(C#N)cc1. The van der Waals surface area contributed by atoms with Gasteiger partial charge in [-0.05, 0) is 36.4 Å². The summed E-state index contributed by atoms with van der Waals surface area (Å²) in [6, 6.07) is 12.7. The fourth-order valence-electron chi connectivity index (χ4n) is 2.56. The van der Waals surface area contributed by atoms with E-state index in [4.69, 9.17) is 10.00 Å². The van der Waals surface area contributed by atoms with Gasteiger partial charge in [0.05, 0.1) is 23.5 Å². The van der Waals surface area contributed by atoms with E-state index >= 15 is 0 Å². The third-order valence-corrected chi connectivity index (χ3v) is 4.11. The van der Waals surface area contributed by atoms with Gasteiger partial charge in [-0.25, -0.2) is 4.98 Å². The summed E-state index contributed by atoms with van der Waals surface area (Å²) in [7, 11) is 1.68. The van der Waals surface area contributed by atoms with Gasteiger partial charge >= 0.3 is 0 Å². The number of imidazole rings is 1. The lowest BCUT2D eigenvalue weighted by molar-refractivity contribution is -0.125. The van der Waals surface area contributed by atoms with Crippen molar-refractivity contribution in [1.82, 2.24) is 14.9 Å². The van der Waals surface area contributed by atoms with Crippen LogP contribution in [0.2, 0.25) is 0 Å². The maximum absolute atomic E-state index is 11.6. The van der Waals surface area contributed by atoms with Crippen LogP contribution in [-0.4, -0.2) is 27.8 Å². The molecule has 0 atom stereocenters. The van der Waals surface area contributed by atoms with E-state index in [1.54, 1.807) is 49.9 Å². The molecule has 6 heteroatoms. The molecule has 134 valence electrons. The summed E-state index contributed by atoms with van der Waals surface area (Å²) < 4.78 is 6.12. The number of carbonyl (C=O) groups is 1. The molecule has 0 saturated carbocycles. The van der Waals surface area contributed by atoms with E-state index in [0.29, 0.717) is 22.6 Å². The van der Waals surface area contributed by atoms with Crippen LogP contribution in [-0.2, 0) is 4.79 Å². The van der Waals surface area contributed by atoms with Crippen molar-refractivity contribution in [3.8, 4) is 17.6 Å². The van der Waals surface area contributed by atoms with Gasteiger partial charge in [-0.1, -0.05) is 12.7 Å². The first-order valence-electron chi connectivity index (χ1n) is 8.25. The lowest BCUT2D eigenvalue weighted by Gasteiger charge is -2.15. The molecule has 0 spiro atoms. The Labute approximate surface area is 157 Å². The van der Waals surface area contributed by atoms with Crippen LogP contribution in [0.25, 0.3) is 16.6 Å². The molecular weight excluding hydrogens is 340 g/mol. The number of amides is 1. The molecule has 0 aliphatic rings. The van der Waals surface area contributed by atoms with E-state index in [2.05, 4.69) is 22.6 Å². The average molecular weight is 358 g/mol. The summed E-state index contributed by atoms with van der Waals surface area (Å²) >= 11 is 0. The zero-order chi connectivity index (χ0) is 19.4. The van der Waals surface area contributed by atoms with Crippen molar-refractivity contribution < 1.29 is 9.53 Å². The molecule has 6 nitrogen and oxygen atoms in total. The minimum Gasteiger partial charge on any atom is -0.454 e. The summed E-state index contributed by atoms with van der Waals surface area (Å²) in [6.07, 6.45) is 4.97. The van der Waals surface area contributed by atoms with Crippen molar-refractivity contribution in [2.75, 3.05) is 7.05 Å². The molecule has 1 heterocycles. The molecule has 0 radical (unpaired) electrons. The normalized spacial score (nSPS) is 11.1. The van der Waals surface area contributed by atoms with Crippen molar-refractivity contribution in [2.45, 2.75) is 6.92 Å². The van der Waals surface area contributed by atoms with Crippen LogP contribution in [0.15, 0.2) is 61.6 Å². The van der Waals surface area contributed by atoms with Gasteiger partial charge in [0.2, 0.25) is 5.91 Å². The Morgan fingerprint density at radius 3 is 2.67 bits per heavy atom. The summed E-state index contributed by atoms with van der Waals surface area (Å²) in [4.78, 5) is 20.5. The zero-order valence-corrected chi connectivity index (χ0v) is 15.1. The van der Waals surface area contributed by atoms with Crippen LogP contribution in [0.4, 0.5) is 0 Å². The molecule has 1 N–H and O–H groups in total. The molecular formula is C21H18N4O2. The number of aromatic amines is 1. The number of rotatable bonds is 5. The van der Waals surface area contributed by atoms with E-state index in [1.807, 2.05) is 12.1 Å². The molecule has 27 heavy (non-hydrogen) atoms. The molecule has 3 rings (SSSR count). The number of nitriles is 1. The average Bonchev–Trinajstić information content (AvgIpc) is 3.16. The van der Waals surface area contributed by atoms with Crippen LogP contribution >= 0.6 is 0 Å². The van der Waals surface area contributed by atoms with Gasteiger partial charge in [0, 0.05) is 31.3 Å². The second kappa shape index (κ2) is 7.58. The molecule has 1 aromatic heterocycles. The summed E-state index contributed by atoms with van der Waals surface area (Å²) in [5.41, 5.74) is 3.51. The highest BCUT2D eigenvalue weighted by molar-refractivity contribution is 5.91. The Balaban J connectivity index is 2.12. The Bertz CT molecular complexity index is 1070. The number of allylic oxidation sites excluding steroid dienone is 2. The number of benzene rings is 2. The number of aromatic nitrogens is 2. The van der Waals surface area contributed by atoms with Crippen LogP contribution in [0.3, 0.4) is 0 Å². The molecule has 0 fully saturated rings. The van der Waals surface area contributed by atoms with Crippen LogP contribution in [0.5, 0.6) is 11.5 Å². The fraction of sp³-hybridized carbons (Fsp3) is 0.0952. The van der Waals surface area contributed by atoms with Crippen LogP contribution in [0, 0.1) is 11.3 Å². The van der Waals surface area contributed by atoms with Gasteiger partial charge in [0.25, 0.3) is 0 Å². The van der Waals surface area contributed by atoms with E-state index in [0.717, 1.165) is 16.7 Å². The number of H-pyrrole nitrogens is 1. The summed E-state index contributed by atoms with van der Waals surface area (Å²) in [5.74, 6) is 1.03. The van der Waals surface area contributed by atoms with Crippen molar-refractivity contribution in [3.05, 3.63) is 72.7 Å². The molecule has 0 unspecified atom stereocenters.